The first-order valence-electron chi connectivity index (χ1n) is 10.1. The Morgan fingerprint density at radius 1 is 1.28 bits per heavy atom. The van der Waals surface area contributed by atoms with Gasteiger partial charge in [-0.05, 0) is 56.1 Å². The zero-order chi connectivity index (χ0) is 20.2. The number of hydrogen-bond donors (Lipinski definition) is 3. The normalized spacial score (nSPS) is 16.6. The summed E-state index contributed by atoms with van der Waals surface area (Å²) in [6.07, 6.45) is 6.50. The van der Waals surface area contributed by atoms with Gasteiger partial charge in [-0.2, -0.15) is 4.83 Å². The molecule has 8 nitrogen and oxygen atoms in total. The summed E-state index contributed by atoms with van der Waals surface area (Å²) in [5.41, 5.74) is 7.26. The molecule has 1 aromatic carbocycles. The van der Waals surface area contributed by atoms with Crippen molar-refractivity contribution in [3.8, 4) is 11.5 Å². The number of aryl methyl sites for hydroxylation is 1. The average Bonchev–Trinajstić information content (AvgIpc) is 3.42. The Balaban J connectivity index is 1.53. The van der Waals surface area contributed by atoms with Crippen LogP contribution in [0, 0.1) is 5.92 Å². The lowest BCUT2D eigenvalue weighted by atomic mass is 10.1. The van der Waals surface area contributed by atoms with Crippen LogP contribution in [-0.4, -0.2) is 40.6 Å². The Kier molecular flexibility index (Phi) is 6.49. The lowest BCUT2D eigenvalue weighted by Crippen LogP contribution is -2.34. The Bertz CT molecular complexity index is 904. The second kappa shape index (κ2) is 9.25. The molecule has 1 saturated carbocycles. The summed E-state index contributed by atoms with van der Waals surface area (Å²) >= 11 is -2.32. The molecule has 2 aliphatic rings. The summed E-state index contributed by atoms with van der Waals surface area (Å²) in [5.74, 6) is 2.12. The second-order valence-electron chi connectivity index (χ2n) is 7.58. The van der Waals surface area contributed by atoms with Crippen LogP contribution in [0.15, 0.2) is 12.1 Å². The van der Waals surface area contributed by atoms with Crippen LogP contribution in [0.3, 0.4) is 0 Å². The minimum absolute atomic E-state index is 0.430. The maximum atomic E-state index is 10.4. The van der Waals surface area contributed by atoms with Gasteiger partial charge in [-0.15, -0.1) is 0 Å². The zero-order valence-electron chi connectivity index (χ0n) is 16.6. The van der Waals surface area contributed by atoms with Crippen LogP contribution >= 0.6 is 0 Å². The summed E-state index contributed by atoms with van der Waals surface area (Å²) in [5, 5.41) is 4.78. The van der Waals surface area contributed by atoms with Crippen LogP contribution in [0.25, 0.3) is 10.9 Å². The zero-order valence-corrected chi connectivity index (χ0v) is 17.4. The molecular formula is C20H27N4O4S-. The predicted octanol–water partition coefficient (Wildman–Crippen LogP) is 2.21. The number of rotatable bonds is 11. The smallest absolute Gasteiger partial charge is 0.163 e. The van der Waals surface area contributed by atoms with Crippen molar-refractivity contribution >= 4 is 27.9 Å². The molecule has 0 aliphatic heterocycles. The number of fused-ring (bicyclic) bond motifs is 2. The average molecular weight is 420 g/mol. The first kappa shape index (κ1) is 20.3. The first-order valence-corrected chi connectivity index (χ1v) is 11.2. The van der Waals surface area contributed by atoms with Gasteiger partial charge in [0.15, 0.2) is 11.5 Å². The lowest BCUT2D eigenvalue weighted by molar-refractivity contribution is 0.287. The summed E-state index contributed by atoms with van der Waals surface area (Å²) in [4.78, 5) is 7.02. The number of aromatic nitrogens is 1. The van der Waals surface area contributed by atoms with Crippen molar-refractivity contribution in [1.29, 1.82) is 0 Å². The van der Waals surface area contributed by atoms with E-state index in [-0.39, 0.29) is 0 Å². The predicted molar refractivity (Wildman–Crippen MR) is 112 cm³/mol. The highest BCUT2D eigenvalue weighted by atomic mass is 32.2. The van der Waals surface area contributed by atoms with Gasteiger partial charge < -0.3 is 19.3 Å². The van der Waals surface area contributed by atoms with Crippen LogP contribution in [-0.2, 0) is 24.1 Å². The Morgan fingerprint density at radius 2 is 2.14 bits per heavy atom. The SMILES string of the molecule is COc1cc2c(NCC3CC3)c3c(nc2cc1OCCCNNS(=O)[O-])CCC3. The van der Waals surface area contributed by atoms with E-state index in [1.165, 1.54) is 29.8 Å². The number of ether oxygens (including phenoxy) is 2. The number of anilines is 1. The van der Waals surface area contributed by atoms with E-state index in [0.717, 1.165) is 42.6 Å². The van der Waals surface area contributed by atoms with Crippen molar-refractivity contribution in [3.63, 3.8) is 0 Å². The molecular weight excluding hydrogens is 392 g/mol. The lowest BCUT2D eigenvalue weighted by Gasteiger charge is -2.17. The monoisotopic (exact) mass is 419 g/mol. The van der Waals surface area contributed by atoms with Gasteiger partial charge in [-0.1, -0.05) is 0 Å². The number of nitrogens with one attached hydrogen (secondary N) is 3. The van der Waals surface area contributed by atoms with Gasteiger partial charge in [0.25, 0.3) is 0 Å². The summed E-state index contributed by atoms with van der Waals surface area (Å²) in [6, 6.07) is 3.97. The van der Waals surface area contributed by atoms with Crippen molar-refractivity contribution < 1.29 is 18.2 Å². The van der Waals surface area contributed by atoms with Gasteiger partial charge >= 0.3 is 0 Å². The third kappa shape index (κ3) is 4.98. The van der Waals surface area contributed by atoms with E-state index < -0.39 is 11.3 Å². The largest absolute Gasteiger partial charge is 0.759 e. The molecule has 2 aliphatic carbocycles. The highest BCUT2D eigenvalue weighted by Gasteiger charge is 2.25. The first-order chi connectivity index (χ1) is 14.2. The molecule has 158 valence electrons. The van der Waals surface area contributed by atoms with Crippen LogP contribution in [0.1, 0.15) is 36.9 Å². The molecule has 4 rings (SSSR count). The molecule has 1 heterocycles. The molecule has 9 heteroatoms. The van der Waals surface area contributed by atoms with E-state index in [0.29, 0.717) is 31.1 Å². The maximum absolute atomic E-state index is 10.4. The summed E-state index contributed by atoms with van der Waals surface area (Å²) in [7, 11) is 1.64. The van der Waals surface area contributed by atoms with E-state index >= 15 is 0 Å². The van der Waals surface area contributed by atoms with Crippen LogP contribution in [0.4, 0.5) is 5.69 Å². The van der Waals surface area contributed by atoms with E-state index in [4.69, 9.17) is 14.5 Å². The molecule has 1 fully saturated rings. The Hall–Kier alpha value is -1.94. The second-order valence-corrected chi connectivity index (χ2v) is 8.25. The number of methoxy groups -OCH3 is 1. The highest BCUT2D eigenvalue weighted by Crippen LogP contribution is 2.40. The number of benzene rings is 1. The molecule has 0 radical (unpaired) electrons. The Labute approximate surface area is 173 Å². The summed E-state index contributed by atoms with van der Waals surface area (Å²) in [6.45, 7) is 1.91. The molecule has 1 unspecified atom stereocenters. The van der Waals surface area contributed by atoms with Gasteiger partial charge in [0.1, 0.15) is 0 Å². The molecule has 0 spiro atoms. The molecule has 0 amide bonds. The van der Waals surface area contributed by atoms with Crippen LogP contribution < -0.4 is 25.0 Å². The number of nitrogens with zero attached hydrogens (tertiary/aromatic N) is 1. The van der Waals surface area contributed by atoms with Gasteiger partial charge in [-0.3, -0.25) is 9.19 Å². The van der Waals surface area contributed by atoms with Crippen LogP contribution in [0.5, 0.6) is 11.5 Å². The van der Waals surface area contributed by atoms with Crippen LogP contribution in [0.2, 0.25) is 0 Å². The quantitative estimate of drug-likeness (QED) is 0.291. The summed E-state index contributed by atoms with van der Waals surface area (Å²) < 4.78 is 32.3. The van der Waals surface area contributed by atoms with E-state index in [9.17, 15) is 8.76 Å². The third-order valence-corrected chi connectivity index (χ3v) is 5.73. The number of pyridine rings is 1. The van der Waals surface area contributed by atoms with Gasteiger partial charge in [-0.25, -0.2) is 5.43 Å². The standard InChI is InChI=1S/C20H28N4O4S/c1-27-18-10-15-17(11-19(18)28-9-3-8-22-24-29(25)26)23-16-5-2-4-14(16)20(15)21-12-13-6-7-13/h10-11,13,22,24H,2-9,12H2,1H3,(H,21,23)(H,25,26)/p-1. The molecule has 2 aromatic rings. The minimum atomic E-state index is -2.32. The Morgan fingerprint density at radius 3 is 2.90 bits per heavy atom. The van der Waals surface area contributed by atoms with Gasteiger partial charge in [0.05, 0.1) is 19.2 Å². The third-order valence-electron chi connectivity index (χ3n) is 5.42. The van der Waals surface area contributed by atoms with Crippen molar-refractivity contribution in [3.05, 3.63) is 23.4 Å². The van der Waals surface area contributed by atoms with Crippen molar-refractivity contribution in [2.75, 3.05) is 32.1 Å². The fraction of sp³-hybridized carbons (Fsp3) is 0.550. The molecule has 1 aromatic heterocycles. The van der Waals surface area contributed by atoms with Crippen molar-refractivity contribution in [2.45, 2.75) is 38.5 Å². The molecule has 0 bridgehead atoms. The van der Waals surface area contributed by atoms with Gasteiger partial charge in [0, 0.05) is 47.2 Å². The fourth-order valence-corrected chi connectivity index (χ4v) is 3.99. The molecule has 0 saturated heterocycles. The van der Waals surface area contributed by atoms with Crippen molar-refractivity contribution in [2.24, 2.45) is 5.92 Å². The highest BCUT2D eigenvalue weighted by molar-refractivity contribution is 7.76. The van der Waals surface area contributed by atoms with E-state index in [2.05, 4.69) is 15.6 Å². The maximum Gasteiger partial charge on any atom is 0.163 e. The topological polar surface area (TPSA) is 108 Å². The van der Waals surface area contributed by atoms with E-state index in [1.807, 2.05) is 12.1 Å². The molecule has 3 N–H and O–H groups in total. The number of hydrogen-bond acceptors (Lipinski definition) is 7. The van der Waals surface area contributed by atoms with Crippen molar-refractivity contribution in [1.82, 2.24) is 15.2 Å². The fourth-order valence-electron chi connectivity index (χ4n) is 3.77. The molecule has 29 heavy (non-hydrogen) atoms. The minimum Gasteiger partial charge on any atom is -0.759 e. The molecule has 1 atom stereocenters. The number of hydrazine groups is 1. The van der Waals surface area contributed by atoms with Gasteiger partial charge in [0.2, 0.25) is 0 Å². The van der Waals surface area contributed by atoms with E-state index in [1.54, 1.807) is 7.11 Å².